The number of halogens is 1. The third-order valence-corrected chi connectivity index (χ3v) is 3.87. The van der Waals surface area contributed by atoms with Crippen LogP contribution in [0.5, 0.6) is 0 Å². The summed E-state index contributed by atoms with van der Waals surface area (Å²) in [6, 6.07) is 14.8. The Hall–Kier alpha value is -2.89. The van der Waals surface area contributed by atoms with E-state index in [1.807, 2.05) is 30.3 Å². The molecule has 124 valence electrons. The average Bonchev–Trinajstić information content (AvgIpc) is 2.94. The lowest BCUT2D eigenvalue weighted by Gasteiger charge is -2.17. The number of hydrogen-bond acceptors (Lipinski definition) is 2. The third-order valence-electron chi connectivity index (χ3n) is 3.87. The highest BCUT2D eigenvalue weighted by Gasteiger charge is 2.31. The largest absolute Gasteiger partial charge is 0.334 e. The minimum atomic E-state index is -0.369. The van der Waals surface area contributed by atoms with Crippen LogP contribution in [0.15, 0.2) is 54.6 Å². The zero-order chi connectivity index (χ0) is 16.9. The van der Waals surface area contributed by atoms with E-state index in [1.165, 1.54) is 12.1 Å². The van der Waals surface area contributed by atoms with Crippen molar-refractivity contribution in [3.63, 3.8) is 0 Å². The van der Waals surface area contributed by atoms with Crippen LogP contribution in [-0.2, 0) is 11.3 Å². The average molecular weight is 327 g/mol. The van der Waals surface area contributed by atoms with Crippen LogP contribution in [0.25, 0.3) is 0 Å². The van der Waals surface area contributed by atoms with Gasteiger partial charge in [-0.05, 0) is 29.8 Å². The fourth-order valence-corrected chi connectivity index (χ4v) is 2.73. The zero-order valence-corrected chi connectivity index (χ0v) is 13.0. The molecule has 3 amide bonds. The van der Waals surface area contributed by atoms with Crippen molar-refractivity contribution in [2.45, 2.75) is 19.0 Å². The molecule has 24 heavy (non-hydrogen) atoms. The molecule has 1 aliphatic heterocycles. The Morgan fingerprint density at radius 3 is 2.71 bits per heavy atom. The molecule has 1 saturated heterocycles. The number of urea groups is 1. The van der Waals surface area contributed by atoms with Gasteiger partial charge in [-0.15, -0.1) is 0 Å². The topological polar surface area (TPSA) is 61.4 Å². The van der Waals surface area contributed by atoms with Gasteiger partial charge in [0.05, 0.1) is 6.04 Å². The quantitative estimate of drug-likeness (QED) is 0.906. The molecule has 1 heterocycles. The molecule has 1 fully saturated rings. The standard InChI is InChI=1S/C18H18FN3O2/c19-14-6-4-5-13(9-14)11-20-18(24)21-15-10-17(23)22(12-15)16-7-2-1-3-8-16/h1-9,15H,10-12H2,(H2,20,21,24). The Kier molecular flexibility index (Phi) is 4.74. The van der Waals surface area contributed by atoms with Crippen LogP contribution in [-0.4, -0.2) is 24.5 Å². The Labute approximate surface area is 139 Å². The van der Waals surface area contributed by atoms with Crippen LogP contribution >= 0.6 is 0 Å². The predicted octanol–water partition coefficient (Wildman–Crippen LogP) is 2.43. The maximum atomic E-state index is 13.1. The summed E-state index contributed by atoms with van der Waals surface area (Å²) in [5.41, 5.74) is 1.51. The lowest BCUT2D eigenvalue weighted by atomic mass is 10.2. The molecule has 5 nitrogen and oxygen atoms in total. The minimum absolute atomic E-state index is 0.0170. The van der Waals surface area contributed by atoms with E-state index in [4.69, 9.17) is 0 Å². The molecule has 2 aromatic carbocycles. The van der Waals surface area contributed by atoms with Gasteiger partial charge in [-0.2, -0.15) is 0 Å². The van der Waals surface area contributed by atoms with Crippen LogP contribution in [0.1, 0.15) is 12.0 Å². The second-order valence-corrected chi connectivity index (χ2v) is 5.70. The van der Waals surface area contributed by atoms with Gasteiger partial charge in [0.15, 0.2) is 0 Å². The highest BCUT2D eigenvalue weighted by atomic mass is 19.1. The Morgan fingerprint density at radius 1 is 1.17 bits per heavy atom. The molecule has 1 atom stereocenters. The lowest BCUT2D eigenvalue weighted by Crippen LogP contribution is -2.43. The van der Waals surface area contributed by atoms with E-state index in [9.17, 15) is 14.0 Å². The monoisotopic (exact) mass is 327 g/mol. The summed E-state index contributed by atoms with van der Waals surface area (Å²) < 4.78 is 13.1. The van der Waals surface area contributed by atoms with Crippen molar-refractivity contribution in [2.24, 2.45) is 0 Å². The third kappa shape index (κ3) is 3.90. The number of nitrogens with zero attached hydrogens (tertiary/aromatic N) is 1. The maximum absolute atomic E-state index is 13.1. The minimum Gasteiger partial charge on any atom is -0.334 e. The summed E-state index contributed by atoms with van der Waals surface area (Å²) in [7, 11) is 0. The van der Waals surface area contributed by atoms with Gasteiger partial charge in [0.1, 0.15) is 5.82 Å². The van der Waals surface area contributed by atoms with Crippen LogP contribution < -0.4 is 15.5 Å². The first kappa shape index (κ1) is 16.0. The molecule has 0 spiro atoms. The van der Waals surface area contributed by atoms with E-state index in [0.717, 1.165) is 5.69 Å². The van der Waals surface area contributed by atoms with Crippen molar-refractivity contribution in [3.05, 3.63) is 66.0 Å². The van der Waals surface area contributed by atoms with E-state index in [1.54, 1.807) is 17.0 Å². The predicted molar refractivity (Wildman–Crippen MR) is 89.0 cm³/mol. The molecular weight excluding hydrogens is 309 g/mol. The highest BCUT2D eigenvalue weighted by Crippen LogP contribution is 2.20. The first-order valence-corrected chi connectivity index (χ1v) is 7.76. The van der Waals surface area contributed by atoms with Crippen molar-refractivity contribution >= 4 is 17.6 Å². The first-order chi connectivity index (χ1) is 11.6. The summed E-state index contributed by atoms with van der Waals surface area (Å²) in [5, 5.41) is 5.46. The Morgan fingerprint density at radius 2 is 1.96 bits per heavy atom. The molecule has 0 saturated carbocycles. The second kappa shape index (κ2) is 7.12. The molecular formula is C18H18FN3O2. The van der Waals surface area contributed by atoms with Gasteiger partial charge in [0, 0.05) is 25.2 Å². The van der Waals surface area contributed by atoms with Gasteiger partial charge in [-0.3, -0.25) is 4.79 Å². The maximum Gasteiger partial charge on any atom is 0.315 e. The number of rotatable bonds is 4. The molecule has 0 radical (unpaired) electrons. The Bertz CT molecular complexity index is 736. The van der Waals surface area contributed by atoms with Crippen molar-refractivity contribution in [3.8, 4) is 0 Å². The summed E-state index contributed by atoms with van der Waals surface area (Å²) in [4.78, 5) is 25.7. The van der Waals surface area contributed by atoms with Crippen molar-refractivity contribution in [2.75, 3.05) is 11.4 Å². The molecule has 2 aromatic rings. The number of benzene rings is 2. The number of carbonyl (C=O) groups excluding carboxylic acids is 2. The van der Waals surface area contributed by atoms with Gasteiger partial charge in [-0.1, -0.05) is 30.3 Å². The molecule has 0 aliphatic carbocycles. The van der Waals surface area contributed by atoms with E-state index in [2.05, 4.69) is 10.6 Å². The Balaban J connectivity index is 1.51. The van der Waals surface area contributed by atoms with E-state index in [0.29, 0.717) is 12.1 Å². The van der Waals surface area contributed by atoms with E-state index >= 15 is 0 Å². The SMILES string of the molecule is O=C(NCc1cccc(F)c1)NC1CC(=O)N(c2ccccc2)C1. The molecule has 0 aromatic heterocycles. The highest BCUT2D eigenvalue weighted by molar-refractivity contribution is 5.96. The van der Waals surface area contributed by atoms with Crippen molar-refractivity contribution in [1.82, 2.24) is 10.6 Å². The van der Waals surface area contributed by atoms with Crippen molar-refractivity contribution < 1.29 is 14.0 Å². The normalized spacial score (nSPS) is 17.0. The fourth-order valence-electron chi connectivity index (χ4n) is 2.73. The summed E-state index contributed by atoms with van der Waals surface area (Å²) >= 11 is 0. The second-order valence-electron chi connectivity index (χ2n) is 5.70. The number of nitrogens with one attached hydrogen (secondary N) is 2. The smallest absolute Gasteiger partial charge is 0.315 e. The zero-order valence-electron chi connectivity index (χ0n) is 13.0. The van der Waals surface area contributed by atoms with Crippen LogP contribution in [0.3, 0.4) is 0 Å². The summed E-state index contributed by atoms with van der Waals surface area (Å²) in [5.74, 6) is -0.355. The number of para-hydroxylation sites is 1. The van der Waals surface area contributed by atoms with Gasteiger partial charge >= 0.3 is 6.03 Å². The van der Waals surface area contributed by atoms with E-state index in [-0.39, 0.29) is 36.8 Å². The number of anilines is 1. The lowest BCUT2D eigenvalue weighted by molar-refractivity contribution is -0.117. The van der Waals surface area contributed by atoms with Gasteiger partial charge < -0.3 is 15.5 Å². The fraction of sp³-hybridized carbons (Fsp3) is 0.222. The van der Waals surface area contributed by atoms with Crippen molar-refractivity contribution in [1.29, 1.82) is 0 Å². The van der Waals surface area contributed by atoms with E-state index < -0.39 is 0 Å². The molecule has 1 unspecified atom stereocenters. The summed E-state index contributed by atoms with van der Waals surface area (Å²) in [6.07, 6.45) is 0.266. The molecule has 1 aliphatic rings. The van der Waals surface area contributed by atoms with Gasteiger partial charge in [-0.25, -0.2) is 9.18 Å². The van der Waals surface area contributed by atoms with Crippen LogP contribution in [0.4, 0.5) is 14.9 Å². The molecule has 2 N–H and O–H groups in total. The first-order valence-electron chi connectivity index (χ1n) is 7.76. The van der Waals surface area contributed by atoms with Crippen LogP contribution in [0, 0.1) is 5.82 Å². The number of amides is 3. The molecule has 0 bridgehead atoms. The summed E-state index contributed by atoms with van der Waals surface area (Å²) in [6.45, 7) is 0.670. The molecule has 6 heteroatoms. The molecule has 3 rings (SSSR count). The van der Waals surface area contributed by atoms with Gasteiger partial charge in [0.25, 0.3) is 0 Å². The van der Waals surface area contributed by atoms with Gasteiger partial charge in [0.2, 0.25) is 5.91 Å². The van der Waals surface area contributed by atoms with Crippen LogP contribution in [0.2, 0.25) is 0 Å². The number of hydrogen-bond donors (Lipinski definition) is 2. The number of carbonyl (C=O) groups is 2.